The van der Waals surface area contributed by atoms with E-state index in [4.69, 9.17) is 4.42 Å². The minimum Gasteiger partial charge on any atom is -0.469 e. The van der Waals surface area contributed by atoms with Crippen molar-refractivity contribution in [3.63, 3.8) is 0 Å². The van der Waals surface area contributed by atoms with Gasteiger partial charge in [0.25, 0.3) is 0 Å². The van der Waals surface area contributed by atoms with Crippen molar-refractivity contribution in [3.05, 3.63) is 53.3 Å². The average molecular weight is 346 g/mol. The third-order valence-electron chi connectivity index (χ3n) is 3.28. The smallest absolute Gasteiger partial charge is 0.307 e. The molecule has 10 heteroatoms. The van der Waals surface area contributed by atoms with Crippen LogP contribution in [0.4, 0.5) is 5.69 Å². The Kier molecular flexibility index (Phi) is 4.47. The standard InChI is InChI=1S/C14H14N6O3S/c1-3-5-19-13(12-4-6-23-10(12)2)16-17-14(19)24-9-18-8-11(7-15-18)20(21)22/h3-4,6-8H,1,5,9H2,2H3. The van der Waals surface area contributed by atoms with E-state index in [1.54, 1.807) is 12.3 Å². The van der Waals surface area contributed by atoms with E-state index in [1.165, 1.54) is 28.8 Å². The number of hydrogen-bond donors (Lipinski definition) is 0. The third-order valence-corrected chi connectivity index (χ3v) is 4.24. The summed E-state index contributed by atoms with van der Waals surface area (Å²) >= 11 is 1.38. The maximum Gasteiger partial charge on any atom is 0.307 e. The number of aryl methyl sites for hydroxylation is 1. The molecule has 3 rings (SSSR count). The van der Waals surface area contributed by atoms with Gasteiger partial charge in [0, 0.05) is 6.54 Å². The molecule has 3 aromatic heterocycles. The van der Waals surface area contributed by atoms with Crippen LogP contribution in [0.3, 0.4) is 0 Å². The van der Waals surface area contributed by atoms with E-state index in [9.17, 15) is 10.1 Å². The largest absolute Gasteiger partial charge is 0.469 e. The zero-order valence-corrected chi connectivity index (χ0v) is 13.6. The molecule has 0 aliphatic rings. The Labute approximate surface area is 141 Å². The van der Waals surface area contributed by atoms with E-state index < -0.39 is 4.92 Å². The molecule has 124 valence electrons. The third kappa shape index (κ3) is 3.08. The predicted octanol–water partition coefficient (Wildman–Crippen LogP) is 2.89. The molecule has 24 heavy (non-hydrogen) atoms. The SMILES string of the molecule is C=CCn1c(SCn2cc([N+](=O)[O-])cn2)nnc1-c1ccoc1C. The van der Waals surface area contributed by atoms with Crippen molar-refractivity contribution in [2.75, 3.05) is 0 Å². The summed E-state index contributed by atoms with van der Waals surface area (Å²) in [6.45, 7) is 6.16. The van der Waals surface area contributed by atoms with Gasteiger partial charge < -0.3 is 4.42 Å². The summed E-state index contributed by atoms with van der Waals surface area (Å²) in [4.78, 5) is 10.2. The Morgan fingerprint density at radius 3 is 2.96 bits per heavy atom. The molecule has 0 bridgehead atoms. The number of nitrogens with zero attached hydrogens (tertiary/aromatic N) is 6. The fourth-order valence-electron chi connectivity index (χ4n) is 2.15. The van der Waals surface area contributed by atoms with Crippen LogP contribution in [-0.2, 0) is 12.4 Å². The van der Waals surface area contributed by atoms with Gasteiger partial charge in [-0.2, -0.15) is 5.10 Å². The normalized spacial score (nSPS) is 10.9. The first-order valence-corrected chi connectivity index (χ1v) is 7.97. The summed E-state index contributed by atoms with van der Waals surface area (Å²) in [7, 11) is 0. The van der Waals surface area contributed by atoms with E-state index in [0.717, 1.165) is 11.3 Å². The molecule has 0 saturated carbocycles. The quantitative estimate of drug-likeness (QED) is 0.280. The number of furan rings is 1. The molecule has 0 unspecified atom stereocenters. The number of thioether (sulfide) groups is 1. The van der Waals surface area contributed by atoms with E-state index in [0.29, 0.717) is 23.4 Å². The molecular weight excluding hydrogens is 332 g/mol. The molecule has 0 spiro atoms. The number of aromatic nitrogens is 5. The summed E-state index contributed by atoms with van der Waals surface area (Å²) in [5.74, 6) is 1.83. The second-order valence-electron chi connectivity index (χ2n) is 4.86. The van der Waals surface area contributed by atoms with Gasteiger partial charge in [-0.05, 0) is 13.0 Å². The minimum atomic E-state index is -0.478. The van der Waals surface area contributed by atoms with Gasteiger partial charge in [-0.15, -0.1) is 16.8 Å². The fraction of sp³-hybridized carbons (Fsp3) is 0.214. The summed E-state index contributed by atoms with van der Waals surface area (Å²) in [5.41, 5.74) is 0.823. The lowest BCUT2D eigenvalue weighted by Gasteiger charge is -2.07. The summed E-state index contributed by atoms with van der Waals surface area (Å²) in [6, 6.07) is 1.84. The highest BCUT2D eigenvalue weighted by Gasteiger charge is 2.17. The van der Waals surface area contributed by atoms with E-state index >= 15 is 0 Å². The molecule has 0 aromatic carbocycles. The highest BCUT2D eigenvalue weighted by molar-refractivity contribution is 7.98. The Balaban J connectivity index is 1.82. The molecule has 0 amide bonds. The van der Waals surface area contributed by atoms with Crippen molar-refractivity contribution in [2.24, 2.45) is 0 Å². The Morgan fingerprint density at radius 2 is 2.33 bits per heavy atom. The first-order valence-electron chi connectivity index (χ1n) is 6.98. The fourth-order valence-corrected chi connectivity index (χ4v) is 2.95. The topological polar surface area (TPSA) is 105 Å². The van der Waals surface area contributed by atoms with Crippen molar-refractivity contribution in [3.8, 4) is 11.4 Å². The summed E-state index contributed by atoms with van der Waals surface area (Å²) in [6.07, 6.45) is 5.95. The zero-order valence-electron chi connectivity index (χ0n) is 12.8. The van der Waals surface area contributed by atoms with Crippen LogP contribution in [0, 0.1) is 17.0 Å². The molecular formula is C14H14N6O3S. The average Bonchev–Trinajstić information content (AvgIpc) is 3.25. The lowest BCUT2D eigenvalue weighted by Crippen LogP contribution is -2.02. The van der Waals surface area contributed by atoms with Crippen LogP contribution in [0.1, 0.15) is 5.76 Å². The van der Waals surface area contributed by atoms with E-state index in [2.05, 4.69) is 21.9 Å². The molecule has 0 atom stereocenters. The van der Waals surface area contributed by atoms with Crippen molar-refractivity contribution in [1.29, 1.82) is 0 Å². The van der Waals surface area contributed by atoms with Crippen molar-refractivity contribution in [1.82, 2.24) is 24.5 Å². The molecule has 3 aromatic rings. The zero-order chi connectivity index (χ0) is 17.1. The minimum absolute atomic E-state index is 0.0436. The lowest BCUT2D eigenvalue weighted by molar-refractivity contribution is -0.385. The van der Waals surface area contributed by atoms with Crippen LogP contribution >= 0.6 is 11.8 Å². The number of rotatable bonds is 7. The van der Waals surface area contributed by atoms with Gasteiger partial charge in [0.15, 0.2) is 11.0 Å². The first kappa shape index (κ1) is 16.0. The summed E-state index contributed by atoms with van der Waals surface area (Å²) in [5, 5.41) is 23.8. The number of nitro groups is 1. The van der Waals surface area contributed by atoms with Gasteiger partial charge in [0.05, 0.1) is 22.6 Å². The van der Waals surface area contributed by atoms with Gasteiger partial charge in [0.1, 0.15) is 18.2 Å². The molecule has 0 aliphatic heterocycles. The van der Waals surface area contributed by atoms with Crippen molar-refractivity contribution in [2.45, 2.75) is 24.5 Å². The van der Waals surface area contributed by atoms with Crippen molar-refractivity contribution >= 4 is 17.4 Å². The lowest BCUT2D eigenvalue weighted by atomic mass is 10.2. The molecule has 0 fully saturated rings. The molecule has 3 heterocycles. The van der Waals surface area contributed by atoms with Crippen LogP contribution in [-0.4, -0.2) is 29.5 Å². The second-order valence-corrected chi connectivity index (χ2v) is 5.78. The maximum atomic E-state index is 10.7. The molecule has 0 aliphatic carbocycles. The van der Waals surface area contributed by atoms with Gasteiger partial charge in [0.2, 0.25) is 0 Å². The predicted molar refractivity (Wildman–Crippen MR) is 87.4 cm³/mol. The Hall–Kier alpha value is -2.88. The first-order chi connectivity index (χ1) is 11.6. The molecule has 0 saturated heterocycles. The number of hydrogen-bond acceptors (Lipinski definition) is 7. The van der Waals surface area contributed by atoms with Crippen LogP contribution in [0.2, 0.25) is 0 Å². The van der Waals surface area contributed by atoms with Crippen LogP contribution < -0.4 is 0 Å². The van der Waals surface area contributed by atoms with Crippen LogP contribution in [0.25, 0.3) is 11.4 Å². The molecule has 0 N–H and O–H groups in total. The van der Waals surface area contributed by atoms with Crippen molar-refractivity contribution < 1.29 is 9.34 Å². The number of allylic oxidation sites excluding steroid dienone is 1. The van der Waals surface area contributed by atoms with Crippen LogP contribution in [0.15, 0.2) is 47.0 Å². The summed E-state index contributed by atoms with van der Waals surface area (Å²) < 4.78 is 8.72. The second kappa shape index (κ2) is 6.71. The van der Waals surface area contributed by atoms with Gasteiger partial charge in [-0.1, -0.05) is 17.8 Å². The van der Waals surface area contributed by atoms with Crippen LogP contribution in [0.5, 0.6) is 0 Å². The van der Waals surface area contributed by atoms with Gasteiger partial charge in [-0.25, -0.2) is 0 Å². The highest BCUT2D eigenvalue weighted by atomic mass is 32.2. The monoisotopic (exact) mass is 346 g/mol. The maximum absolute atomic E-state index is 10.7. The van der Waals surface area contributed by atoms with E-state index in [1.807, 2.05) is 17.6 Å². The Bertz CT molecular complexity index is 881. The Morgan fingerprint density at radius 1 is 1.50 bits per heavy atom. The van der Waals surface area contributed by atoms with Gasteiger partial charge in [-0.3, -0.25) is 19.4 Å². The van der Waals surface area contributed by atoms with E-state index in [-0.39, 0.29) is 5.69 Å². The van der Waals surface area contributed by atoms with Gasteiger partial charge >= 0.3 is 5.69 Å². The molecule has 9 nitrogen and oxygen atoms in total. The molecule has 0 radical (unpaired) electrons. The highest BCUT2D eigenvalue weighted by Crippen LogP contribution is 2.27.